The van der Waals surface area contributed by atoms with Gasteiger partial charge < -0.3 is 13.8 Å². The molecule has 1 aliphatic rings. The summed E-state index contributed by atoms with van der Waals surface area (Å²) < 4.78 is 91.1. The lowest BCUT2D eigenvalue weighted by Gasteiger charge is -2.12. The summed E-state index contributed by atoms with van der Waals surface area (Å²) in [4.78, 5) is 15.8. The number of hydrogen-bond donors (Lipinski definition) is 0. The van der Waals surface area contributed by atoms with Crippen LogP contribution in [0.2, 0.25) is 0 Å². The summed E-state index contributed by atoms with van der Waals surface area (Å²) >= 11 is 0. The topological polar surface area (TPSA) is 70.2 Å². The lowest BCUT2D eigenvalue weighted by atomic mass is 10.00. The Hall–Kier alpha value is -3.83. The normalized spacial score (nSPS) is 15.9. The number of methoxy groups -OCH3 is 1. The highest BCUT2D eigenvalue weighted by Crippen LogP contribution is 2.40. The van der Waals surface area contributed by atoms with Gasteiger partial charge in [-0.25, -0.2) is 0 Å². The highest BCUT2D eigenvalue weighted by molar-refractivity contribution is 5.86. The van der Waals surface area contributed by atoms with Crippen LogP contribution in [-0.2, 0) is 28.4 Å². The molecule has 0 bridgehead atoms. The lowest BCUT2D eigenvalue weighted by molar-refractivity contribution is -0.143. The van der Waals surface area contributed by atoms with Crippen molar-refractivity contribution in [1.82, 2.24) is 14.7 Å². The number of carbonyl (C=O) groups excluding carboxylic acids is 1. The van der Waals surface area contributed by atoms with Gasteiger partial charge >= 0.3 is 18.3 Å². The molecule has 1 atom stereocenters. The van der Waals surface area contributed by atoms with Gasteiger partial charge in [-0.2, -0.15) is 31.3 Å². The van der Waals surface area contributed by atoms with Crippen LogP contribution < -0.4 is 0 Å². The Kier molecular flexibility index (Phi) is 5.56. The van der Waals surface area contributed by atoms with Crippen LogP contribution >= 0.6 is 0 Å². The maximum atomic E-state index is 13.2. The molecular weight excluding hydrogens is 492 g/mol. The molecule has 12 heteroatoms. The van der Waals surface area contributed by atoms with Gasteiger partial charge in [-0.3, -0.25) is 4.79 Å². The third-order valence-electron chi connectivity index (χ3n) is 6.21. The van der Waals surface area contributed by atoms with Gasteiger partial charge in [0.25, 0.3) is 5.89 Å². The zero-order valence-electron chi connectivity index (χ0n) is 18.6. The fourth-order valence-electron chi connectivity index (χ4n) is 4.48. The number of halogens is 6. The van der Waals surface area contributed by atoms with Gasteiger partial charge in [0.1, 0.15) is 0 Å². The number of alkyl halides is 6. The van der Waals surface area contributed by atoms with Crippen LogP contribution in [0, 0.1) is 0 Å². The molecule has 0 saturated carbocycles. The minimum atomic E-state index is -4.99. The molecule has 0 fully saturated rings. The maximum absolute atomic E-state index is 13.2. The molecule has 3 heterocycles. The molecule has 6 nitrogen and oxygen atoms in total. The number of aryl methyl sites for hydroxylation is 1. The molecular formula is C24H17F6N3O3. The highest BCUT2D eigenvalue weighted by atomic mass is 19.4. The monoisotopic (exact) mass is 509 g/mol. The third kappa shape index (κ3) is 4.31. The zero-order chi connectivity index (χ0) is 25.8. The van der Waals surface area contributed by atoms with Crippen molar-refractivity contribution in [3.8, 4) is 22.8 Å². The van der Waals surface area contributed by atoms with Crippen molar-refractivity contribution in [3.05, 3.63) is 59.3 Å². The molecule has 4 aromatic rings. The Morgan fingerprint density at radius 2 is 1.72 bits per heavy atom. The number of hydrogen-bond acceptors (Lipinski definition) is 5. The standard InChI is InChI=1S/C24H17F6N3O3/c1-35-20(34)10-12-4-5-33-18-3-2-13(6-14(18)9-19(12)33)21-31-22(36-32-21)15-7-16(23(25,26)27)11-17(8-15)24(28,29)30/h2-3,6-9,11-12H,4-5,10H2,1H3. The molecule has 188 valence electrons. The van der Waals surface area contributed by atoms with Crippen LogP contribution in [0.3, 0.4) is 0 Å². The zero-order valence-corrected chi connectivity index (χ0v) is 18.6. The first-order valence-electron chi connectivity index (χ1n) is 10.8. The quantitative estimate of drug-likeness (QED) is 0.234. The second-order valence-corrected chi connectivity index (χ2v) is 8.48. The molecule has 0 spiro atoms. The van der Waals surface area contributed by atoms with E-state index in [0.29, 0.717) is 17.7 Å². The van der Waals surface area contributed by atoms with Crippen molar-refractivity contribution in [2.45, 2.75) is 37.7 Å². The van der Waals surface area contributed by atoms with Gasteiger partial charge in [0.05, 0.1) is 24.7 Å². The van der Waals surface area contributed by atoms with E-state index in [4.69, 9.17) is 9.26 Å². The van der Waals surface area contributed by atoms with Crippen molar-refractivity contribution >= 4 is 16.9 Å². The Morgan fingerprint density at radius 3 is 2.36 bits per heavy atom. The van der Waals surface area contributed by atoms with Gasteiger partial charge in [0.15, 0.2) is 0 Å². The minimum Gasteiger partial charge on any atom is -0.469 e. The van der Waals surface area contributed by atoms with E-state index < -0.39 is 34.9 Å². The molecule has 5 rings (SSSR count). The van der Waals surface area contributed by atoms with Crippen molar-refractivity contribution < 1.29 is 40.4 Å². The Bertz CT molecular complexity index is 1440. The number of nitrogens with zero attached hydrogens (tertiary/aromatic N) is 3. The third-order valence-corrected chi connectivity index (χ3v) is 6.21. The maximum Gasteiger partial charge on any atom is 0.416 e. The number of benzene rings is 2. The largest absolute Gasteiger partial charge is 0.469 e. The number of fused-ring (bicyclic) bond motifs is 3. The van der Waals surface area contributed by atoms with Gasteiger partial charge in [-0.15, -0.1) is 0 Å². The molecule has 0 radical (unpaired) electrons. The van der Waals surface area contributed by atoms with E-state index in [-0.39, 0.29) is 30.2 Å². The smallest absolute Gasteiger partial charge is 0.416 e. The second-order valence-electron chi connectivity index (χ2n) is 8.48. The minimum absolute atomic E-state index is 0.00816. The van der Waals surface area contributed by atoms with Crippen molar-refractivity contribution in [1.29, 1.82) is 0 Å². The molecule has 0 amide bonds. The van der Waals surface area contributed by atoms with Gasteiger partial charge in [-0.05, 0) is 48.9 Å². The Balaban J connectivity index is 1.50. The highest BCUT2D eigenvalue weighted by Gasteiger charge is 2.37. The fraction of sp³-hybridized carbons (Fsp3) is 0.292. The van der Waals surface area contributed by atoms with Crippen LogP contribution in [0.15, 0.2) is 47.0 Å². The average Bonchev–Trinajstić information content (AvgIpc) is 3.53. The number of aromatic nitrogens is 3. The van der Waals surface area contributed by atoms with E-state index in [1.165, 1.54) is 7.11 Å². The number of rotatable bonds is 4. The van der Waals surface area contributed by atoms with E-state index >= 15 is 0 Å². The number of carbonyl (C=O) groups is 1. The number of ether oxygens (including phenoxy) is 1. The predicted molar refractivity (Wildman–Crippen MR) is 115 cm³/mol. The molecule has 2 aromatic heterocycles. The summed E-state index contributed by atoms with van der Waals surface area (Å²) in [5.74, 6) is -0.759. The van der Waals surface area contributed by atoms with E-state index in [2.05, 4.69) is 14.7 Å². The van der Waals surface area contributed by atoms with Gasteiger partial charge in [0, 0.05) is 40.2 Å². The molecule has 36 heavy (non-hydrogen) atoms. The average molecular weight is 509 g/mol. The van der Waals surface area contributed by atoms with E-state index in [1.807, 2.05) is 12.1 Å². The van der Waals surface area contributed by atoms with Crippen LogP contribution in [-0.4, -0.2) is 27.8 Å². The van der Waals surface area contributed by atoms with Gasteiger partial charge in [-0.1, -0.05) is 5.16 Å². The first-order valence-corrected chi connectivity index (χ1v) is 10.8. The first kappa shape index (κ1) is 23.9. The van der Waals surface area contributed by atoms with Crippen LogP contribution in [0.1, 0.15) is 35.6 Å². The van der Waals surface area contributed by atoms with E-state index in [9.17, 15) is 31.1 Å². The van der Waals surface area contributed by atoms with Crippen LogP contribution in [0.4, 0.5) is 26.3 Å². The Labute approximate surface area is 199 Å². The second kappa shape index (κ2) is 8.38. The Morgan fingerprint density at radius 1 is 1.03 bits per heavy atom. The summed E-state index contributed by atoms with van der Waals surface area (Å²) in [6.07, 6.45) is -8.94. The number of esters is 1. The predicted octanol–water partition coefficient (Wildman–Crippen LogP) is 6.45. The van der Waals surface area contributed by atoms with Gasteiger partial charge in [0.2, 0.25) is 5.82 Å². The molecule has 0 aliphatic carbocycles. The fourth-order valence-corrected chi connectivity index (χ4v) is 4.48. The van der Waals surface area contributed by atoms with Crippen molar-refractivity contribution in [3.63, 3.8) is 0 Å². The summed E-state index contributed by atoms with van der Waals surface area (Å²) in [5.41, 5.74) is -1.08. The summed E-state index contributed by atoms with van der Waals surface area (Å²) in [5, 5.41) is 4.59. The van der Waals surface area contributed by atoms with Crippen molar-refractivity contribution in [2.24, 2.45) is 0 Å². The molecule has 0 N–H and O–H groups in total. The molecule has 1 aliphatic heterocycles. The molecule has 2 aromatic carbocycles. The first-order chi connectivity index (χ1) is 16.9. The van der Waals surface area contributed by atoms with E-state index in [1.54, 1.807) is 12.1 Å². The lowest BCUT2D eigenvalue weighted by Crippen LogP contribution is -2.11. The van der Waals surface area contributed by atoms with E-state index in [0.717, 1.165) is 29.6 Å². The van der Waals surface area contributed by atoms with Crippen LogP contribution in [0.5, 0.6) is 0 Å². The molecule has 1 unspecified atom stereocenters. The summed E-state index contributed by atoms with van der Waals surface area (Å²) in [7, 11) is 1.33. The summed E-state index contributed by atoms with van der Waals surface area (Å²) in [6.45, 7) is 0.725. The van der Waals surface area contributed by atoms with Crippen LogP contribution in [0.25, 0.3) is 33.7 Å². The van der Waals surface area contributed by atoms with Crippen molar-refractivity contribution in [2.75, 3.05) is 7.11 Å². The molecule has 0 saturated heterocycles. The SMILES string of the molecule is COC(=O)CC1CCn2c1cc1cc(-c3noc(-c4cc(C(F)(F)F)cc(C(F)(F)F)c4)n3)ccc12. The summed E-state index contributed by atoms with van der Waals surface area (Å²) in [6, 6.07) is 8.29.